The molecule has 1 fully saturated rings. The van der Waals surface area contributed by atoms with Crippen molar-refractivity contribution in [3.63, 3.8) is 0 Å². The van der Waals surface area contributed by atoms with Crippen molar-refractivity contribution in [1.82, 2.24) is 14.3 Å². The molecule has 2 aliphatic rings. The zero-order valence-corrected chi connectivity index (χ0v) is 20.8. The number of nitrogens with one attached hydrogen (secondary N) is 1. The van der Waals surface area contributed by atoms with E-state index in [4.69, 9.17) is 13.6 Å². The van der Waals surface area contributed by atoms with Crippen LogP contribution < -0.4 is 11.1 Å². The lowest BCUT2D eigenvalue weighted by Gasteiger charge is -2.31. The van der Waals surface area contributed by atoms with Gasteiger partial charge in [0, 0.05) is 49.7 Å². The molecule has 3 heterocycles. The number of alkyl halides is 3. The number of hydrogen-bond donors (Lipinski definition) is 2. The number of aromatic nitrogens is 2. The molecule has 2 radical (unpaired) electrons. The molecule has 0 spiro atoms. The highest BCUT2D eigenvalue weighted by molar-refractivity contribution is 7.89. The number of halogens is 3. The molecule has 0 aliphatic carbocycles. The SMILES string of the molecule is [B]C(=CN)c1nc(NCC2=CN=CCC2)cc(C2CCN(S(=O)(=O)c3ccc(C(F)(F)F)cc3)CC2)n1. The lowest BCUT2D eigenvalue weighted by molar-refractivity contribution is -0.137. The van der Waals surface area contributed by atoms with Crippen LogP contribution in [0.15, 0.2) is 58.2 Å². The van der Waals surface area contributed by atoms with E-state index in [1.54, 1.807) is 0 Å². The Morgan fingerprint density at radius 1 is 1.19 bits per heavy atom. The molecule has 4 rings (SSSR count). The van der Waals surface area contributed by atoms with Crippen LogP contribution in [0.25, 0.3) is 5.47 Å². The minimum atomic E-state index is -4.53. The number of nitrogens with zero attached hydrogens (tertiary/aromatic N) is 4. The van der Waals surface area contributed by atoms with E-state index in [9.17, 15) is 21.6 Å². The highest BCUT2D eigenvalue weighted by Crippen LogP contribution is 2.33. The second kappa shape index (κ2) is 11.1. The van der Waals surface area contributed by atoms with Crippen molar-refractivity contribution in [2.75, 3.05) is 25.0 Å². The zero-order valence-electron chi connectivity index (χ0n) is 19.9. The van der Waals surface area contributed by atoms with E-state index in [1.807, 2.05) is 18.5 Å². The maximum absolute atomic E-state index is 13.0. The van der Waals surface area contributed by atoms with Crippen LogP contribution in [0.2, 0.25) is 0 Å². The molecule has 1 aromatic heterocycles. The first-order valence-corrected chi connectivity index (χ1v) is 13.2. The van der Waals surface area contributed by atoms with Gasteiger partial charge in [0.15, 0.2) is 0 Å². The van der Waals surface area contributed by atoms with Gasteiger partial charge in [-0.2, -0.15) is 17.5 Å². The third kappa shape index (κ3) is 6.39. The Bertz CT molecular complexity index is 1320. The van der Waals surface area contributed by atoms with Crippen LogP contribution in [0.5, 0.6) is 0 Å². The third-order valence-electron chi connectivity index (χ3n) is 6.33. The number of nitrogens with two attached hydrogens (primary N) is 1. The van der Waals surface area contributed by atoms with Gasteiger partial charge < -0.3 is 11.1 Å². The van der Waals surface area contributed by atoms with Gasteiger partial charge in [-0.3, -0.25) is 4.99 Å². The Labute approximate surface area is 215 Å². The Morgan fingerprint density at radius 3 is 2.49 bits per heavy atom. The van der Waals surface area contributed by atoms with Gasteiger partial charge in [-0.25, -0.2) is 18.4 Å². The summed E-state index contributed by atoms with van der Waals surface area (Å²) >= 11 is 0. The fourth-order valence-corrected chi connectivity index (χ4v) is 5.68. The lowest BCUT2D eigenvalue weighted by atomic mass is 9.92. The van der Waals surface area contributed by atoms with Gasteiger partial charge in [-0.05, 0) is 67.2 Å². The van der Waals surface area contributed by atoms with Gasteiger partial charge in [0.05, 0.1) is 10.5 Å². The fourth-order valence-electron chi connectivity index (χ4n) is 4.21. The van der Waals surface area contributed by atoms with E-state index in [2.05, 4.69) is 20.3 Å². The number of hydrogen-bond acceptors (Lipinski definition) is 7. The number of piperidine rings is 1. The average Bonchev–Trinajstić information content (AvgIpc) is 2.91. The van der Waals surface area contributed by atoms with Gasteiger partial charge in [-0.15, -0.1) is 0 Å². The van der Waals surface area contributed by atoms with E-state index in [-0.39, 0.29) is 35.2 Å². The van der Waals surface area contributed by atoms with E-state index in [1.165, 1.54) is 10.5 Å². The molecule has 0 saturated carbocycles. The minimum absolute atomic E-state index is 0.0644. The molecule has 1 aromatic carbocycles. The Hall–Kier alpha value is -3.19. The predicted molar refractivity (Wildman–Crippen MR) is 136 cm³/mol. The van der Waals surface area contributed by atoms with Gasteiger partial charge in [-0.1, -0.05) is 0 Å². The normalized spacial score (nSPS) is 18.0. The summed E-state index contributed by atoms with van der Waals surface area (Å²) in [5.74, 6) is 0.781. The van der Waals surface area contributed by atoms with Crippen LogP contribution in [0.4, 0.5) is 19.0 Å². The van der Waals surface area contributed by atoms with Crippen LogP contribution >= 0.6 is 0 Å². The summed E-state index contributed by atoms with van der Waals surface area (Å²) < 4.78 is 65.9. The van der Waals surface area contributed by atoms with Crippen molar-refractivity contribution in [1.29, 1.82) is 0 Å². The van der Waals surface area contributed by atoms with Crippen LogP contribution in [0.3, 0.4) is 0 Å². The molecule has 1 saturated heterocycles. The van der Waals surface area contributed by atoms with Crippen LogP contribution in [-0.4, -0.2) is 56.4 Å². The second-order valence-electron chi connectivity index (χ2n) is 8.84. The molecule has 2 aliphatic heterocycles. The van der Waals surface area contributed by atoms with Crippen molar-refractivity contribution in [3.8, 4) is 0 Å². The van der Waals surface area contributed by atoms with Crippen molar-refractivity contribution in [2.24, 2.45) is 10.7 Å². The van der Waals surface area contributed by atoms with Crippen molar-refractivity contribution in [2.45, 2.75) is 42.7 Å². The number of rotatable bonds is 7. The van der Waals surface area contributed by atoms with Gasteiger partial charge in [0.1, 0.15) is 19.5 Å². The smallest absolute Gasteiger partial charge is 0.405 e. The van der Waals surface area contributed by atoms with Crippen LogP contribution in [-0.2, 0) is 16.2 Å². The predicted octanol–water partition coefficient (Wildman–Crippen LogP) is 3.65. The minimum Gasteiger partial charge on any atom is -0.405 e. The van der Waals surface area contributed by atoms with E-state index >= 15 is 0 Å². The van der Waals surface area contributed by atoms with Crippen molar-refractivity contribution < 1.29 is 21.6 Å². The van der Waals surface area contributed by atoms with Crippen molar-refractivity contribution >= 4 is 35.4 Å². The quantitative estimate of drug-likeness (QED) is 0.529. The number of anilines is 1. The largest absolute Gasteiger partial charge is 0.416 e. The van der Waals surface area contributed by atoms with Crippen LogP contribution in [0.1, 0.15) is 48.7 Å². The molecule has 2 aromatic rings. The van der Waals surface area contributed by atoms with Gasteiger partial charge in [0.2, 0.25) is 10.0 Å². The fraction of sp³-hybridized carbons (Fsp3) is 0.375. The lowest BCUT2D eigenvalue weighted by Crippen LogP contribution is -2.38. The second-order valence-corrected chi connectivity index (χ2v) is 10.8. The molecule has 37 heavy (non-hydrogen) atoms. The Balaban J connectivity index is 1.48. The average molecular weight is 530 g/mol. The summed E-state index contributed by atoms with van der Waals surface area (Å²) in [6, 6.07) is 5.37. The van der Waals surface area contributed by atoms with Crippen LogP contribution in [0, 0.1) is 0 Å². The summed E-state index contributed by atoms with van der Waals surface area (Å²) in [6.45, 7) is 0.954. The third-order valence-corrected chi connectivity index (χ3v) is 8.24. The Kier molecular flexibility index (Phi) is 8.03. The summed E-state index contributed by atoms with van der Waals surface area (Å²) in [6.07, 6.45) is 3.10. The van der Waals surface area contributed by atoms with Gasteiger partial charge >= 0.3 is 6.18 Å². The molecule has 0 atom stereocenters. The molecule has 13 heteroatoms. The number of aliphatic imine (C=N–C) groups is 1. The highest BCUT2D eigenvalue weighted by Gasteiger charge is 2.33. The molecule has 8 nitrogen and oxygen atoms in total. The zero-order chi connectivity index (χ0) is 26.6. The maximum Gasteiger partial charge on any atom is 0.416 e. The van der Waals surface area contributed by atoms with E-state index in [0.717, 1.165) is 42.7 Å². The standard InChI is InChI=1S/C24H26BF3N6O2S/c25-20(13-29)23-32-21(12-22(33-23)31-15-16-2-1-9-30-14-16)17-7-10-34(11-8-17)37(35,36)19-5-3-18(4-6-19)24(26,27)28/h3-6,9,12-14,17H,1-2,7-8,10-11,15,29H2,(H,31,32,33). The molecule has 3 N–H and O–H groups in total. The van der Waals surface area contributed by atoms with E-state index < -0.39 is 21.8 Å². The molecule has 0 bridgehead atoms. The number of benzene rings is 1. The maximum atomic E-state index is 13.0. The molecule has 0 unspecified atom stereocenters. The van der Waals surface area contributed by atoms with Crippen molar-refractivity contribution in [3.05, 3.63) is 65.4 Å². The first kappa shape index (κ1) is 26.9. The molecular weight excluding hydrogens is 504 g/mol. The summed E-state index contributed by atoms with van der Waals surface area (Å²) in [4.78, 5) is 13.0. The van der Waals surface area contributed by atoms with E-state index in [0.29, 0.717) is 30.9 Å². The first-order valence-electron chi connectivity index (χ1n) is 11.8. The highest BCUT2D eigenvalue weighted by atomic mass is 32.2. The molecule has 194 valence electrons. The molecule has 0 amide bonds. The number of sulfonamides is 1. The topological polar surface area (TPSA) is 114 Å². The first-order chi connectivity index (χ1) is 17.6. The Morgan fingerprint density at radius 2 is 1.89 bits per heavy atom. The monoisotopic (exact) mass is 530 g/mol. The summed E-state index contributed by atoms with van der Waals surface area (Å²) in [7, 11) is 2.05. The van der Waals surface area contributed by atoms with Gasteiger partial charge in [0.25, 0.3) is 0 Å². The molecular formula is C24H26BF3N6O2S. The summed E-state index contributed by atoms with van der Waals surface area (Å²) in [5.41, 5.74) is 6.74. The summed E-state index contributed by atoms with van der Waals surface area (Å²) in [5, 5.41) is 3.28.